The Kier molecular flexibility index (Phi) is 6.09. The minimum absolute atomic E-state index is 0.0532. The summed E-state index contributed by atoms with van der Waals surface area (Å²) < 4.78 is 17.4. The molecule has 0 radical (unpaired) electrons. The summed E-state index contributed by atoms with van der Waals surface area (Å²) in [7, 11) is 0. The summed E-state index contributed by atoms with van der Waals surface area (Å²) in [6.45, 7) is 6.54. The van der Waals surface area contributed by atoms with Crippen LogP contribution in [-0.4, -0.2) is 47.8 Å². The minimum Gasteiger partial charge on any atom is -0.481 e. The summed E-state index contributed by atoms with van der Waals surface area (Å²) in [6, 6.07) is -0.333. The number of hydrogen-bond donors (Lipinski definition) is 2. The van der Waals surface area contributed by atoms with Gasteiger partial charge < -0.3 is 24.6 Å². The summed E-state index contributed by atoms with van der Waals surface area (Å²) in [5.74, 6) is -1.83. The summed E-state index contributed by atoms with van der Waals surface area (Å²) in [5, 5.41) is 11.9. The smallest absolute Gasteiger partial charge is 0.408 e. The number of hydrogen-bond acceptors (Lipinski definition) is 5. The molecule has 0 aromatic rings. The molecule has 1 aliphatic carbocycles. The number of carboxylic acid groups (broad SMARTS) is 1. The first kappa shape index (κ1) is 19.0. The van der Waals surface area contributed by atoms with Gasteiger partial charge >= 0.3 is 12.1 Å². The van der Waals surface area contributed by atoms with E-state index in [1.54, 1.807) is 0 Å². The van der Waals surface area contributed by atoms with Gasteiger partial charge in [0.15, 0.2) is 5.79 Å². The third-order valence-corrected chi connectivity index (χ3v) is 4.44. The molecule has 1 heterocycles. The van der Waals surface area contributed by atoms with Gasteiger partial charge in [0.2, 0.25) is 0 Å². The van der Waals surface area contributed by atoms with E-state index in [9.17, 15) is 9.59 Å². The van der Waals surface area contributed by atoms with E-state index in [0.29, 0.717) is 19.6 Å². The van der Waals surface area contributed by atoms with Gasteiger partial charge in [-0.05, 0) is 46.5 Å². The molecule has 2 fully saturated rings. The largest absolute Gasteiger partial charge is 0.481 e. The van der Waals surface area contributed by atoms with Gasteiger partial charge in [0, 0.05) is 12.3 Å². The predicted octanol–water partition coefficient (Wildman–Crippen LogP) is 2.68. The first-order chi connectivity index (χ1) is 11.2. The molecule has 0 unspecified atom stereocenters. The van der Waals surface area contributed by atoms with Crippen molar-refractivity contribution < 1.29 is 28.9 Å². The van der Waals surface area contributed by atoms with E-state index < -0.39 is 23.5 Å². The first-order valence-corrected chi connectivity index (χ1v) is 8.72. The number of aliphatic carboxylic acids is 1. The highest BCUT2D eigenvalue weighted by Gasteiger charge is 2.52. The Labute approximate surface area is 143 Å². The van der Waals surface area contributed by atoms with Gasteiger partial charge in [0.05, 0.1) is 19.3 Å². The molecule has 0 bridgehead atoms. The second kappa shape index (κ2) is 7.70. The van der Waals surface area contributed by atoms with Gasteiger partial charge in [-0.25, -0.2) is 4.79 Å². The Bertz CT molecular complexity index is 452. The summed E-state index contributed by atoms with van der Waals surface area (Å²) in [4.78, 5) is 23.1. The second-order valence-electron chi connectivity index (χ2n) is 7.53. The van der Waals surface area contributed by atoms with Crippen molar-refractivity contribution in [3.05, 3.63) is 0 Å². The molecule has 2 atom stereocenters. The molecule has 0 aromatic carbocycles. The fourth-order valence-corrected chi connectivity index (χ4v) is 3.52. The van der Waals surface area contributed by atoms with Gasteiger partial charge in [-0.3, -0.25) is 4.79 Å². The molecule has 7 heteroatoms. The van der Waals surface area contributed by atoms with Crippen molar-refractivity contribution in [1.29, 1.82) is 0 Å². The fraction of sp³-hybridized carbons (Fsp3) is 0.882. The van der Waals surface area contributed by atoms with Gasteiger partial charge in [0.1, 0.15) is 5.60 Å². The number of alkyl carbamates (subject to hydrolysis) is 1. The second-order valence-corrected chi connectivity index (χ2v) is 7.53. The number of nitrogens with one attached hydrogen (secondary N) is 1. The Morgan fingerprint density at radius 3 is 2.46 bits per heavy atom. The van der Waals surface area contributed by atoms with Crippen LogP contribution in [0, 0.1) is 5.92 Å². The molecule has 2 N–H and O–H groups in total. The van der Waals surface area contributed by atoms with Gasteiger partial charge in [-0.15, -0.1) is 0 Å². The molecular formula is C17H29NO6. The van der Waals surface area contributed by atoms with Crippen molar-refractivity contribution in [3.63, 3.8) is 0 Å². The number of carboxylic acids is 1. The maximum atomic E-state index is 12.2. The zero-order chi connectivity index (χ0) is 17.8. The van der Waals surface area contributed by atoms with Crippen LogP contribution in [0.3, 0.4) is 0 Å². The van der Waals surface area contributed by atoms with E-state index >= 15 is 0 Å². The molecule has 1 aliphatic heterocycles. The van der Waals surface area contributed by atoms with Crippen LogP contribution in [0.2, 0.25) is 0 Å². The summed E-state index contributed by atoms with van der Waals surface area (Å²) in [6.07, 6.45) is 3.29. The summed E-state index contributed by atoms with van der Waals surface area (Å²) in [5.41, 5.74) is -0.580. The average molecular weight is 343 g/mol. The lowest BCUT2D eigenvalue weighted by Gasteiger charge is -2.50. The van der Waals surface area contributed by atoms with Crippen molar-refractivity contribution in [2.75, 3.05) is 13.2 Å². The Morgan fingerprint density at radius 1 is 1.21 bits per heavy atom. The van der Waals surface area contributed by atoms with Gasteiger partial charge in [-0.2, -0.15) is 0 Å². The van der Waals surface area contributed by atoms with Crippen LogP contribution in [-0.2, 0) is 19.0 Å². The lowest BCUT2D eigenvalue weighted by Crippen LogP contribution is -2.63. The number of carbonyl (C=O) groups is 2. The van der Waals surface area contributed by atoms with E-state index in [4.69, 9.17) is 19.3 Å². The maximum Gasteiger partial charge on any atom is 0.408 e. The fourth-order valence-electron chi connectivity index (χ4n) is 3.52. The van der Waals surface area contributed by atoms with Crippen LogP contribution in [0.4, 0.5) is 4.79 Å². The molecule has 7 nitrogen and oxygen atoms in total. The van der Waals surface area contributed by atoms with Crippen LogP contribution in [0.5, 0.6) is 0 Å². The Hall–Kier alpha value is -1.34. The first-order valence-electron chi connectivity index (χ1n) is 8.72. The minimum atomic E-state index is -0.942. The molecule has 1 saturated heterocycles. The lowest BCUT2D eigenvalue weighted by molar-refractivity contribution is -0.317. The highest BCUT2D eigenvalue weighted by atomic mass is 16.7. The van der Waals surface area contributed by atoms with Crippen molar-refractivity contribution in [3.8, 4) is 0 Å². The lowest BCUT2D eigenvalue weighted by atomic mass is 9.76. The molecule has 24 heavy (non-hydrogen) atoms. The zero-order valence-electron chi connectivity index (χ0n) is 14.8. The van der Waals surface area contributed by atoms with Crippen LogP contribution in [0.25, 0.3) is 0 Å². The Balaban J connectivity index is 2.11. The highest BCUT2D eigenvalue weighted by Crippen LogP contribution is 2.42. The normalized spacial score (nSPS) is 26.8. The Morgan fingerprint density at radius 2 is 1.88 bits per heavy atom. The van der Waals surface area contributed by atoms with Crippen LogP contribution in [0.15, 0.2) is 0 Å². The van der Waals surface area contributed by atoms with Crippen LogP contribution in [0.1, 0.15) is 59.3 Å². The molecule has 0 aromatic heterocycles. The quantitative estimate of drug-likeness (QED) is 0.815. The number of rotatable bonds is 4. The number of ether oxygens (including phenoxy) is 3. The van der Waals surface area contributed by atoms with Gasteiger partial charge in [-0.1, -0.05) is 6.42 Å². The van der Waals surface area contributed by atoms with E-state index in [0.717, 1.165) is 25.7 Å². The van der Waals surface area contributed by atoms with Crippen molar-refractivity contribution in [2.24, 2.45) is 5.92 Å². The zero-order valence-corrected chi connectivity index (χ0v) is 14.8. The van der Waals surface area contributed by atoms with Crippen molar-refractivity contribution in [2.45, 2.75) is 76.7 Å². The molecule has 1 saturated carbocycles. The standard InChI is InChI=1S/C17H29NO6/c1-16(2,3)24-15(21)18-13-7-4-6-12(8-9-14(19)20)17(13)22-10-5-11-23-17/h12-13H,4-11H2,1-3H3,(H,18,21)(H,19,20)/t12-,13-/m1/s1. The van der Waals surface area contributed by atoms with Crippen LogP contribution >= 0.6 is 0 Å². The SMILES string of the molecule is CC(C)(C)OC(=O)N[C@@H]1CCC[C@H](CCC(=O)O)C12OCCCO2. The van der Waals surface area contributed by atoms with Gasteiger partial charge in [0.25, 0.3) is 0 Å². The highest BCUT2D eigenvalue weighted by molar-refractivity contribution is 5.68. The van der Waals surface area contributed by atoms with Crippen molar-refractivity contribution >= 4 is 12.1 Å². The maximum absolute atomic E-state index is 12.2. The number of amides is 1. The predicted molar refractivity (Wildman–Crippen MR) is 86.6 cm³/mol. The van der Waals surface area contributed by atoms with E-state index in [-0.39, 0.29) is 18.4 Å². The summed E-state index contributed by atoms with van der Waals surface area (Å²) >= 11 is 0. The third-order valence-electron chi connectivity index (χ3n) is 4.44. The van der Waals surface area contributed by atoms with E-state index in [1.807, 2.05) is 20.8 Å². The topological polar surface area (TPSA) is 94.1 Å². The molecule has 138 valence electrons. The molecular weight excluding hydrogens is 314 g/mol. The molecule has 1 amide bonds. The van der Waals surface area contributed by atoms with E-state index in [1.165, 1.54) is 0 Å². The number of carbonyl (C=O) groups excluding carboxylic acids is 1. The van der Waals surface area contributed by atoms with E-state index in [2.05, 4.69) is 5.32 Å². The molecule has 2 rings (SSSR count). The van der Waals surface area contributed by atoms with Crippen LogP contribution < -0.4 is 5.32 Å². The molecule has 1 spiro atoms. The third kappa shape index (κ3) is 4.83. The monoisotopic (exact) mass is 343 g/mol. The average Bonchev–Trinajstić information content (AvgIpc) is 2.47. The molecule has 2 aliphatic rings. The van der Waals surface area contributed by atoms with Crippen molar-refractivity contribution in [1.82, 2.24) is 5.32 Å².